The van der Waals surface area contributed by atoms with Crippen LogP contribution in [-0.2, 0) is 19.5 Å². The first-order valence-electron chi connectivity index (χ1n) is 9.90. The van der Waals surface area contributed by atoms with Crippen molar-refractivity contribution in [1.29, 1.82) is 0 Å². The average Bonchev–Trinajstić information content (AvgIpc) is 3.31. The summed E-state index contributed by atoms with van der Waals surface area (Å²) in [6.45, 7) is 3.27. The molecule has 2 aliphatic rings. The van der Waals surface area contributed by atoms with Gasteiger partial charge in [0.25, 0.3) is 0 Å². The lowest BCUT2D eigenvalue weighted by Crippen LogP contribution is -2.21. The van der Waals surface area contributed by atoms with Gasteiger partial charge >= 0.3 is 0 Å². The summed E-state index contributed by atoms with van der Waals surface area (Å²) in [7, 11) is 0. The summed E-state index contributed by atoms with van der Waals surface area (Å²) in [5.41, 5.74) is 6.61. The van der Waals surface area contributed by atoms with Crippen molar-refractivity contribution in [2.75, 3.05) is 6.54 Å². The summed E-state index contributed by atoms with van der Waals surface area (Å²) in [5.74, 6) is 0.371. The third-order valence-corrected chi connectivity index (χ3v) is 6.08. The van der Waals surface area contributed by atoms with Gasteiger partial charge in [0.2, 0.25) is 0 Å². The molecular formula is C23H24FN3. The Morgan fingerprint density at radius 2 is 1.74 bits per heavy atom. The van der Waals surface area contributed by atoms with Gasteiger partial charge in [-0.25, -0.2) is 9.07 Å². The monoisotopic (exact) mass is 361 g/mol. The maximum atomic E-state index is 13.2. The first-order valence-corrected chi connectivity index (χ1v) is 9.90. The normalized spacial score (nSPS) is 19.1. The van der Waals surface area contributed by atoms with Gasteiger partial charge in [-0.3, -0.25) is 4.90 Å². The number of hydrogen-bond acceptors (Lipinski definition) is 2. The predicted octanol–water partition coefficient (Wildman–Crippen LogP) is 4.84. The first-order chi connectivity index (χ1) is 13.3. The molecule has 2 aromatic carbocycles. The van der Waals surface area contributed by atoms with E-state index in [1.165, 1.54) is 53.8 Å². The van der Waals surface area contributed by atoms with Gasteiger partial charge in [-0.2, -0.15) is 5.10 Å². The highest BCUT2D eigenvalue weighted by Gasteiger charge is 2.26. The topological polar surface area (TPSA) is 21.1 Å². The molecule has 1 aromatic heterocycles. The molecule has 1 atom stereocenters. The Labute approximate surface area is 159 Å². The summed E-state index contributed by atoms with van der Waals surface area (Å²) < 4.78 is 15.2. The Bertz CT molecular complexity index is 920. The van der Waals surface area contributed by atoms with Gasteiger partial charge in [-0.15, -0.1) is 0 Å². The fourth-order valence-corrected chi connectivity index (χ4v) is 4.65. The molecule has 3 nitrogen and oxygen atoms in total. The number of halogens is 1. The van der Waals surface area contributed by atoms with E-state index in [1.807, 2.05) is 23.0 Å². The number of aromatic nitrogens is 2. The Balaban J connectivity index is 1.30. The van der Waals surface area contributed by atoms with E-state index in [1.54, 1.807) is 0 Å². The second kappa shape index (κ2) is 6.93. The van der Waals surface area contributed by atoms with Crippen LogP contribution in [0.4, 0.5) is 4.39 Å². The van der Waals surface area contributed by atoms with Crippen molar-refractivity contribution >= 4 is 0 Å². The summed E-state index contributed by atoms with van der Waals surface area (Å²) in [5, 5.41) is 4.64. The zero-order chi connectivity index (χ0) is 18.2. The Morgan fingerprint density at radius 1 is 1.00 bits per heavy atom. The average molecular weight is 361 g/mol. The molecule has 1 aliphatic carbocycles. The number of nitrogens with zero attached hydrogens (tertiary/aromatic N) is 3. The van der Waals surface area contributed by atoms with Crippen molar-refractivity contribution in [2.45, 2.75) is 44.7 Å². The molecule has 0 saturated carbocycles. The van der Waals surface area contributed by atoms with Gasteiger partial charge in [0, 0.05) is 18.8 Å². The van der Waals surface area contributed by atoms with Crippen LogP contribution in [0.5, 0.6) is 0 Å². The van der Waals surface area contributed by atoms with Crippen molar-refractivity contribution in [1.82, 2.24) is 14.7 Å². The molecule has 1 unspecified atom stereocenters. The summed E-state index contributed by atoms with van der Waals surface area (Å²) >= 11 is 0. The van der Waals surface area contributed by atoms with Crippen LogP contribution in [0.3, 0.4) is 0 Å². The molecule has 0 N–H and O–H groups in total. The fraction of sp³-hybridized carbons (Fsp3) is 0.348. The lowest BCUT2D eigenvalue weighted by Gasteiger charge is -2.25. The van der Waals surface area contributed by atoms with Gasteiger partial charge in [0.1, 0.15) is 5.82 Å². The molecule has 0 saturated heterocycles. The highest BCUT2D eigenvalue weighted by molar-refractivity contribution is 5.37. The number of rotatable bonds is 4. The molecule has 0 fully saturated rings. The fourth-order valence-electron chi connectivity index (χ4n) is 4.65. The quantitative estimate of drug-likeness (QED) is 0.663. The second-order valence-corrected chi connectivity index (χ2v) is 7.79. The molecule has 2 heterocycles. The molecule has 0 bridgehead atoms. The van der Waals surface area contributed by atoms with Crippen molar-refractivity contribution in [3.05, 3.63) is 82.9 Å². The first kappa shape index (κ1) is 16.7. The predicted molar refractivity (Wildman–Crippen MR) is 104 cm³/mol. The SMILES string of the molecule is Fc1ccc(-n2ncc3c2CCCC3CCN2Cc3ccccc3C2)cc1. The van der Waals surface area contributed by atoms with Gasteiger partial charge in [0.15, 0.2) is 0 Å². The number of hydrogen-bond donors (Lipinski definition) is 0. The zero-order valence-corrected chi connectivity index (χ0v) is 15.4. The van der Waals surface area contributed by atoms with E-state index in [4.69, 9.17) is 0 Å². The van der Waals surface area contributed by atoms with E-state index in [-0.39, 0.29) is 5.82 Å². The highest BCUT2D eigenvalue weighted by Crippen LogP contribution is 2.35. The van der Waals surface area contributed by atoms with E-state index < -0.39 is 0 Å². The Hall–Kier alpha value is -2.46. The lowest BCUT2D eigenvalue weighted by molar-refractivity contribution is 0.267. The van der Waals surface area contributed by atoms with Gasteiger partial charge < -0.3 is 0 Å². The van der Waals surface area contributed by atoms with Crippen molar-refractivity contribution in [2.24, 2.45) is 0 Å². The second-order valence-electron chi connectivity index (χ2n) is 7.79. The molecule has 0 amide bonds. The molecule has 138 valence electrons. The number of benzene rings is 2. The minimum Gasteiger partial charge on any atom is -0.295 e. The van der Waals surface area contributed by atoms with Crippen molar-refractivity contribution in [3.63, 3.8) is 0 Å². The van der Waals surface area contributed by atoms with Gasteiger partial charge in [0.05, 0.1) is 11.9 Å². The van der Waals surface area contributed by atoms with Crippen molar-refractivity contribution in [3.8, 4) is 5.69 Å². The van der Waals surface area contributed by atoms with E-state index >= 15 is 0 Å². The van der Waals surface area contributed by atoms with Gasteiger partial charge in [-0.1, -0.05) is 24.3 Å². The molecule has 1 aliphatic heterocycles. The van der Waals surface area contributed by atoms with Crippen molar-refractivity contribution < 1.29 is 4.39 Å². The Morgan fingerprint density at radius 3 is 2.48 bits per heavy atom. The van der Waals surface area contributed by atoms with E-state index in [0.717, 1.165) is 31.7 Å². The van der Waals surface area contributed by atoms with Crippen LogP contribution in [-0.4, -0.2) is 21.2 Å². The standard InChI is InChI=1S/C23H24FN3/c24-20-8-10-21(11-9-20)27-23-7-3-6-17(22(23)14-25-27)12-13-26-15-18-4-1-2-5-19(18)16-26/h1-2,4-5,8-11,14,17H,3,6-7,12-13,15-16H2. The van der Waals surface area contributed by atoms with Crippen LogP contribution >= 0.6 is 0 Å². The van der Waals surface area contributed by atoms with E-state index in [2.05, 4.69) is 34.3 Å². The maximum Gasteiger partial charge on any atom is 0.123 e. The van der Waals surface area contributed by atoms with Crippen LogP contribution in [0.1, 0.15) is 47.6 Å². The lowest BCUT2D eigenvalue weighted by atomic mass is 9.84. The molecule has 4 heteroatoms. The largest absolute Gasteiger partial charge is 0.295 e. The summed E-state index contributed by atoms with van der Waals surface area (Å²) in [4.78, 5) is 2.56. The molecule has 0 radical (unpaired) electrons. The molecular weight excluding hydrogens is 337 g/mol. The third-order valence-electron chi connectivity index (χ3n) is 6.08. The minimum atomic E-state index is -0.204. The Kier molecular flexibility index (Phi) is 4.29. The van der Waals surface area contributed by atoms with E-state index in [0.29, 0.717) is 5.92 Å². The summed E-state index contributed by atoms with van der Waals surface area (Å²) in [6, 6.07) is 15.4. The van der Waals surface area contributed by atoms with Crippen LogP contribution in [0.15, 0.2) is 54.7 Å². The summed E-state index contributed by atoms with van der Waals surface area (Å²) in [6.07, 6.45) is 6.71. The highest BCUT2D eigenvalue weighted by atomic mass is 19.1. The molecule has 27 heavy (non-hydrogen) atoms. The smallest absolute Gasteiger partial charge is 0.123 e. The maximum absolute atomic E-state index is 13.2. The van der Waals surface area contributed by atoms with Crippen LogP contribution in [0.2, 0.25) is 0 Å². The van der Waals surface area contributed by atoms with E-state index in [9.17, 15) is 4.39 Å². The minimum absolute atomic E-state index is 0.204. The van der Waals surface area contributed by atoms with Crippen LogP contribution < -0.4 is 0 Å². The van der Waals surface area contributed by atoms with Crippen LogP contribution in [0.25, 0.3) is 5.69 Å². The zero-order valence-electron chi connectivity index (χ0n) is 15.4. The van der Waals surface area contributed by atoms with Gasteiger partial charge in [-0.05, 0) is 79.1 Å². The molecule has 3 aromatic rings. The van der Waals surface area contributed by atoms with Crippen LogP contribution in [0, 0.1) is 5.82 Å². The number of fused-ring (bicyclic) bond motifs is 2. The third kappa shape index (κ3) is 3.19. The molecule has 0 spiro atoms. The molecule has 5 rings (SSSR count).